The van der Waals surface area contributed by atoms with Crippen LogP contribution in [0.1, 0.15) is 44.4 Å². The average molecular weight is 570 g/mol. The zero-order valence-corrected chi connectivity index (χ0v) is 23.0. The van der Waals surface area contributed by atoms with Crippen LogP contribution in [0.2, 0.25) is 0 Å². The van der Waals surface area contributed by atoms with Crippen LogP contribution >= 0.6 is 0 Å². The van der Waals surface area contributed by atoms with Crippen molar-refractivity contribution >= 4 is 28.7 Å². The maximum atomic E-state index is 14.1. The standard InChI is InChI=1S/C28H37F2N9O2/c29-26(30)27-34-21-3-1-2-4-22(21)39(27)24-15-23(35-28(36-24)38-11-13-41-14-12-38)32-19-5-7-20(8-6-19)33-25(40)17-37-10-9-18(31)16-37/h1-4,15,18-20,26H,5-14,16-17,31H2,(H,33,40)(H,32,35,36)/t18-,19?,20?/m0/s1. The van der Waals surface area contributed by atoms with Crippen LogP contribution in [0.15, 0.2) is 30.3 Å². The Labute approximate surface area is 237 Å². The van der Waals surface area contributed by atoms with E-state index in [0.29, 0.717) is 61.5 Å². The number of anilines is 2. The molecule has 13 heteroatoms. The van der Waals surface area contributed by atoms with Crippen molar-refractivity contribution in [3.8, 4) is 5.82 Å². The topological polar surface area (TPSA) is 126 Å². The smallest absolute Gasteiger partial charge is 0.296 e. The SMILES string of the molecule is N[C@H]1CCN(CC(=O)NC2CCC(Nc3cc(-n4c(C(F)F)nc5ccccc54)nc(N4CCOCC4)n3)CC2)C1. The van der Waals surface area contributed by atoms with Crippen molar-refractivity contribution in [1.29, 1.82) is 0 Å². The Morgan fingerprint density at radius 3 is 2.51 bits per heavy atom. The predicted octanol–water partition coefficient (Wildman–Crippen LogP) is 2.46. The minimum absolute atomic E-state index is 0.0495. The summed E-state index contributed by atoms with van der Waals surface area (Å²) in [5.74, 6) is 1.08. The molecule has 2 saturated heterocycles. The first kappa shape index (κ1) is 27.7. The van der Waals surface area contributed by atoms with Crippen molar-refractivity contribution in [3.05, 3.63) is 36.2 Å². The number of morpholine rings is 1. The third-order valence-corrected chi connectivity index (χ3v) is 8.13. The molecule has 220 valence electrons. The second kappa shape index (κ2) is 12.2. The largest absolute Gasteiger partial charge is 0.378 e. The van der Waals surface area contributed by atoms with E-state index in [-0.39, 0.29) is 29.9 Å². The molecular weight excluding hydrogens is 532 g/mol. The van der Waals surface area contributed by atoms with Crippen molar-refractivity contribution in [2.24, 2.45) is 5.73 Å². The van der Waals surface area contributed by atoms with Gasteiger partial charge >= 0.3 is 0 Å². The van der Waals surface area contributed by atoms with Crippen LogP contribution in [0.25, 0.3) is 16.9 Å². The molecule has 0 bridgehead atoms. The number of carbonyl (C=O) groups excluding carboxylic acids is 1. The lowest BCUT2D eigenvalue weighted by Crippen LogP contribution is -2.44. The van der Waals surface area contributed by atoms with Crippen molar-refractivity contribution < 1.29 is 18.3 Å². The lowest BCUT2D eigenvalue weighted by Gasteiger charge is -2.31. The Hall–Kier alpha value is -3.42. The number of aromatic nitrogens is 4. The van der Waals surface area contributed by atoms with E-state index in [9.17, 15) is 13.6 Å². The molecule has 6 rings (SSSR count). The van der Waals surface area contributed by atoms with Crippen LogP contribution in [0.4, 0.5) is 20.5 Å². The number of nitrogens with one attached hydrogen (secondary N) is 2. The van der Waals surface area contributed by atoms with E-state index in [2.05, 4.69) is 20.5 Å². The number of nitrogens with zero attached hydrogens (tertiary/aromatic N) is 6. The van der Waals surface area contributed by atoms with Gasteiger partial charge in [0.25, 0.3) is 6.43 Å². The molecule has 1 aliphatic carbocycles. The first-order valence-electron chi connectivity index (χ1n) is 14.4. The van der Waals surface area contributed by atoms with E-state index in [0.717, 1.165) is 45.2 Å². The van der Waals surface area contributed by atoms with Gasteiger partial charge in [-0.3, -0.25) is 14.3 Å². The highest BCUT2D eigenvalue weighted by molar-refractivity contribution is 5.79. The van der Waals surface area contributed by atoms with Crippen LogP contribution in [0, 0.1) is 0 Å². The maximum absolute atomic E-state index is 14.1. The molecular formula is C28H37F2N9O2. The van der Waals surface area contributed by atoms with Crippen molar-refractivity contribution in [1.82, 2.24) is 29.7 Å². The lowest BCUT2D eigenvalue weighted by molar-refractivity contribution is -0.122. The van der Waals surface area contributed by atoms with Crippen LogP contribution in [-0.4, -0.2) is 94.4 Å². The molecule has 1 saturated carbocycles. The van der Waals surface area contributed by atoms with Crippen LogP contribution in [0.5, 0.6) is 0 Å². The number of benzene rings is 1. The van der Waals surface area contributed by atoms with Crippen molar-refractivity contribution in [3.63, 3.8) is 0 Å². The maximum Gasteiger partial charge on any atom is 0.296 e. The molecule has 3 aromatic rings. The van der Waals surface area contributed by atoms with Gasteiger partial charge in [0.2, 0.25) is 11.9 Å². The van der Waals surface area contributed by atoms with Gasteiger partial charge in [0.05, 0.1) is 30.8 Å². The van der Waals surface area contributed by atoms with Gasteiger partial charge in [-0.25, -0.2) is 13.8 Å². The molecule has 41 heavy (non-hydrogen) atoms. The Balaban J connectivity index is 1.18. The fourth-order valence-electron chi connectivity index (χ4n) is 6.02. The molecule has 0 unspecified atom stereocenters. The summed E-state index contributed by atoms with van der Waals surface area (Å²) in [7, 11) is 0. The number of likely N-dealkylation sites (tertiary alicyclic amines) is 1. The summed E-state index contributed by atoms with van der Waals surface area (Å²) in [6.07, 6.45) is 1.55. The Kier molecular flexibility index (Phi) is 8.26. The van der Waals surface area contributed by atoms with Gasteiger partial charge in [0.15, 0.2) is 5.82 Å². The summed E-state index contributed by atoms with van der Waals surface area (Å²) in [6.45, 7) is 4.35. The number of halogens is 2. The molecule has 1 aromatic carbocycles. The number of hydrogen-bond acceptors (Lipinski definition) is 9. The third kappa shape index (κ3) is 6.41. The molecule has 4 N–H and O–H groups in total. The fraction of sp³-hybridized carbons (Fsp3) is 0.571. The summed E-state index contributed by atoms with van der Waals surface area (Å²) in [6, 6.07) is 9.21. The van der Waals surface area contributed by atoms with Gasteiger partial charge in [-0.1, -0.05) is 12.1 Å². The average Bonchev–Trinajstić information content (AvgIpc) is 3.57. The zero-order chi connectivity index (χ0) is 28.3. The number of ether oxygens (including phenoxy) is 1. The Morgan fingerprint density at radius 1 is 1.02 bits per heavy atom. The monoisotopic (exact) mass is 569 g/mol. The number of para-hydroxylation sites is 2. The highest BCUT2D eigenvalue weighted by Crippen LogP contribution is 2.30. The molecule has 3 aliphatic rings. The van der Waals surface area contributed by atoms with Gasteiger partial charge in [0.1, 0.15) is 11.6 Å². The first-order valence-corrected chi connectivity index (χ1v) is 14.4. The second-order valence-electron chi connectivity index (χ2n) is 11.1. The van der Waals surface area contributed by atoms with E-state index in [1.165, 1.54) is 4.57 Å². The molecule has 0 spiro atoms. The number of carbonyl (C=O) groups is 1. The van der Waals surface area contributed by atoms with E-state index in [1.54, 1.807) is 30.3 Å². The normalized spacial score (nSPS) is 23.8. The predicted molar refractivity (Wildman–Crippen MR) is 151 cm³/mol. The van der Waals surface area contributed by atoms with Gasteiger partial charge in [-0.05, 0) is 44.2 Å². The summed E-state index contributed by atoms with van der Waals surface area (Å²) in [5, 5.41) is 6.72. The molecule has 3 fully saturated rings. The van der Waals surface area contributed by atoms with Crippen LogP contribution in [0.3, 0.4) is 0 Å². The molecule has 4 heterocycles. The number of rotatable bonds is 8. The van der Waals surface area contributed by atoms with E-state index >= 15 is 0 Å². The summed E-state index contributed by atoms with van der Waals surface area (Å²) in [5.41, 5.74) is 7.01. The highest BCUT2D eigenvalue weighted by Gasteiger charge is 2.27. The van der Waals surface area contributed by atoms with Crippen LogP contribution < -0.4 is 21.3 Å². The van der Waals surface area contributed by atoms with Crippen molar-refractivity contribution in [2.45, 2.75) is 56.7 Å². The summed E-state index contributed by atoms with van der Waals surface area (Å²) >= 11 is 0. The fourth-order valence-corrected chi connectivity index (χ4v) is 6.02. The minimum Gasteiger partial charge on any atom is -0.378 e. The Morgan fingerprint density at radius 2 is 1.78 bits per heavy atom. The molecule has 11 nitrogen and oxygen atoms in total. The molecule has 2 aromatic heterocycles. The third-order valence-electron chi connectivity index (χ3n) is 8.13. The number of alkyl halides is 2. The number of hydrogen-bond donors (Lipinski definition) is 3. The minimum atomic E-state index is -2.77. The number of nitrogens with two attached hydrogens (primary N) is 1. The van der Waals surface area contributed by atoms with Gasteiger partial charge in [0, 0.05) is 50.4 Å². The van der Waals surface area contributed by atoms with Crippen molar-refractivity contribution in [2.75, 3.05) is 56.2 Å². The quantitative estimate of drug-likeness (QED) is 0.375. The first-order chi connectivity index (χ1) is 19.9. The number of amides is 1. The van der Waals surface area contributed by atoms with E-state index in [4.69, 9.17) is 20.4 Å². The number of imidazole rings is 1. The van der Waals surface area contributed by atoms with Crippen LogP contribution in [-0.2, 0) is 9.53 Å². The Bertz CT molecular complexity index is 1360. The zero-order valence-electron chi connectivity index (χ0n) is 23.0. The van der Waals surface area contributed by atoms with E-state index < -0.39 is 6.43 Å². The highest BCUT2D eigenvalue weighted by atomic mass is 19.3. The molecule has 1 amide bonds. The van der Waals surface area contributed by atoms with Gasteiger partial charge < -0.3 is 26.0 Å². The lowest BCUT2D eigenvalue weighted by atomic mass is 9.91. The molecule has 0 radical (unpaired) electrons. The van der Waals surface area contributed by atoms with Gasteiger partial charge in [-0.2, -0.15) is 9.97 Å². The molecule has 1 atom stereocenters. The second-order valence-corrected chi connectivity index (χ2v) is 11.1. The number of fused-ring (bicyclic) bond motifs is 1. The van der Waals surface area contributed by atoms with Gasteiger partial charge in [-0.15, -0.1) is 0 Å². The summed E-state index contributed by atoms with van der Waals surface area (Å²) in [4.78, 5) is 30.4. The molecule has 2 aliphatic heterocycles. The summed E-state index contributed by atoms with van der Waals surface area (Å²) < 4.78 is 35.2. The van der Waals surface area contributed by atoms with E-state index in [1.807, 2.05) is 4.90 Å².